The Morgan fingerprint density at radius 2 is 1.78 bits per heavy atom. The lowest BCUT2D eigenvalue weighted by Gasteiger charge is -2.14. The number of benzene rings is 1. The first-order valence-corrected chi connectivity index (χ1v) is 7.75. The SMILES string of the molecule is CC(=O)Nc1ccc(CNC(=O)NCc2ccc(F)cc2C(F)(F)F)cn1. The zero-order valence-electron chi connectivity index (χ0n) is 14.2. The van der Waals surface area contributed by atoms with Gasteiger partial charge in [0.1, 0.15) is 11.6 Å². The molecule has 3 amide bonds. The standard InChI is InChI=1S/C17H16F4N4O2/c1-10(26)25-15-5-2-11(7-22-15)8-23-16(27)24-9-12-3-4-13(18)6-14(12)17(19,20)21/h2-7H,8-9H2,1H3,(H,22,25,26)(H2,23,24,27). The minimum Gasteiger partial charge on any atom is -0.334 e. The molecule has 0 radical (unpaired) electrons. The number of hydrogen-bond acceptors (Lipinski definition) is 3. The zero-order chi connectivity index (χ0) is 20.0. The number of aromatic nitrogens is 1. The van der Waals surface area contributed by atoms with E-state index < -0.39 is 30.1 Å². The van der Waals surface area contributed by atoms with Crippen LogP contribution in [0.1, 0.15) is 23.6 Å². The van der Waals surface area contributed by atoms with E-state index >= 15 is 0 Å². The number of hydrogen-bond donors (Lipinski definition) is 3. The van der Waals surface area contributed by atoms with E-state index in [4.69, 9.17) is 0 Å². The van der Waals surface area contributed by atoms with Gasteiger partial charge in [-0.1, -0.05) is 12.1 Å². The van der Waals surface area contributed by atoms with Crippen LogP contribution in [-0.2, 0) is 24.1 Å². The van der Waals surface area contributed by atoms with E-state index in [2.05, 4.69) is 20.9 Å². The van der Waals surface area contributed by atoms with Crippen LogP contribution >= 0.6 is 0 Å². The number of nitrogens with zero attached hydrogens (tertiary/aromatic N) is 1. The van der Waals surface area contributed by atoms with Crippen LogP contribution in [0.2, 0.25) is 0 Å². The third-order valence-corrected chi connectivity index (χ3v) is 3.40. The molecule has 0 aliphatic heterocycles. The van der Waals surface area contributed by atoms with Gasteiger partial charge in [0.2, 0.25) is 5.91 Å². The molecule has 2 aromatic rings. The Bertz CT molecular complexity index is 823. The van der Waals surface area contributed by atoms with Crippen molar-refractivity contribution in [3.8, 4) is 0 Å². The largest absolute Gasteiger partial charge is 0.416 e. The maximum atomic E-state index is 13.1. The summed E-state index contributed by atoms with van der Waals surface area (Å²) < 4.78 is 51.8. The molecule has 0 saturated carbocycles. The van der Waals surface area contributed by atoms with Gasteiger partial charge in [-0.3, -0.25) is 4.79 Å². The van der Waals surface area contributed by atoms with Gasteiger partial charge in [-0.2, -0.15) is 13.2 Å². The van der Waals surface area contributed by atoms with Crippen LogP contribution in [0.25, 0.3) is 0 Å². The molecule has 0 saturated heterocycles. The van der Waals surface area contributed by atoms with Crippen LogP contribution in [-0.4, -0.2) is 16.9 Å². The number of carbonyl (C=O) groups is 2. The Morgan fingerprint density at radius 1 is 1.07 bits per heavy atom. The lowest BCUT2D eigenvalue weighted by molar-refractivity contribution is -0.138. The molecule has 6 nitrogen and oxygen atoms in total. The number of amides is 3. The molecule has 10 heteroatoms. The van der Waals surface area contributed by atoms with Gasteiger partial charge in [0.05, 0.1) is 5.56 Å². The van der Waals surface area contributed by atoms with Crippen molar-refractivity contribution in [2.75, 3.05) is 5.32 Å². The molecule has 0 unspecified atom stereocenters. The summed E-state index contributed by atoms with van der Waals surface area (Å²) in [6.45, 7) is 1.00. The Kier molecular flexibility index (Phi) is 6.32. The van der Waals surface area contributed by atoms with Gasteiger partial charge in [-0.25, -0.2) is 14.2 Å². The highest BCUT2D eigenvalue weighted by atomic mass is 19.4. The number of anilines is 1. The van der Waals surface area contributed by atoms with Crippen LogP contribution in [0.15, 0.2) is 36.5 Å². The molecule has 3 N–H and O–H groups in total. The molecule has 0 aliphatic carbocycles. The second-order valence-electron chi connectivity index (χ2n) is 5.57. The third-order valence-electron chi connectivity index (χ3n) is 3.40. The number of halogens is 4. The summed E-state index contributed by atoms with van der Waals surface area (Å²) in [7, 11) is 0. The first-order valence-electron chi connectivity index (χ1n) is 7.75. The number of alkyl halides is 3. The average Bonchev–Trinajstić information content (AvgIpc) is 2.58. The average molecular weight is 384 g/mol. The van der Waals surface area contributed by atoms with E-state index in [9.17, 15) is 27.2 Å². The van der Waals surface area contributed by atoms with Gasteiger partial charge in [-0.05, 0) is 29.3 Å². The maximum Gasteiger partial charge on any atom is 0.416 e. The summed E-state index contributed by atoms with van der Waals surface area (Å²) in [4.78, 5) is 26.6. The molecule has 1 aromatic heterocycles. The van der Waals surface area contributed by atoms with E-state index in [-0.39, 0.29) is 18.0 Å². The normalized spacial score (nSPS) is 11.0. The van der Waals surface area contributed by atoms with Crippen molar-refractivity contribution in [1.29, 1.82) is 0 Å². The summed E-state index contributed by atoms with van der Waals surface area (Å²) >= 11 is 0. The van der Waals surface area contributed by atoms with Gasteiger partial charge in [0, 0.05) is 26.2 Å². The topological polar surface area (TPSA) is 83.1 Å². The molecule has 0 spiro atoms. The van der Waals surface area contributed by atoms with Gasteiger partial charge in [-0.15, -0.1) is 0 Å². The minimum atomic E-state index is -4.73. The van der Waals surface area contributed by atoms with Crippen LogP contribution in [0.5, 0.6) is 0 Å². The molecule has 0 fully saturated rings. The van der Waals surface area contributed by atoms with Gasteiger partial charge in [0.25, 0.3) is 0 Å². The number of nitrogens with one attached hydrogen (secondary N) is 3. The summed E-state index contributed by atoms with van der Waals surface area (Å²) in [5.41, 5.74) is -0.766. The zero-order valence-corrected chi connectivity index (χ0v) is 14.2. The Labute approximate surface area is 152 Å². The second kappa shape index (κ2) is 8.47. The first kappa shape index (κ1) is 20.1. The molecule has 0 bridgehead atoms. The van der Waals surface area contributed by atoms with Crippen molar-refractivity contribution >= 4 is 17.8 Å². The lowest BCUT2D eigenvalue weighted by atomic mass is 10.1. The Morgan fingerprint density at radius 3 is 2.37 bits per heavy atom. The summed E-state index contributed by atoms with van der Waals surface area (Å²) in [5.74, 6) is -0.927. The molecule has 1 aromatic carbocycles. The van der Waals surface area contributed by atoms with Crippen molar-refractivity contribution in [1.82, 2.24) is 15.6 Å². The Balaban J connectivity index is 1.89. The molecular formula is C17H16F4N4O2. The predicted molar refractivity (Wildman–Crippen MR) is 89.0 cm³/mol. The fourth-order valence-electron chi connectivity index (χ4n) is 2.17. The fourth-order valence-corrected chi connectivity index (χ4v) is 2.17. The molecule has 27 heavy (non-hydrogen) atoms. The monoisotopic (exact) mass is 384 g/mol. The van der Waals surface area contributed by atoms with E-state index in [0.29, 0.717) is 17.4 Å². The number of urea groups is 1. The van der Waals surface area contributed by atoms with Crippen molar-refractivity contribution in [2.45, 2.75) is 26.2 Å². The highest BCUT2D eigenvalue weighted by molar-refractivity contribution is 5.87. The third kappa shape index (κ3) is 6.24. The maximum absolute atomic E-state index is 13.1. The minimum absolute atomic E-state index is 0.0781. The molecule has 2 rings (SSSR count). The molecule has 0 aliphatic rings. The number of rotatable bonds is 5. The summed E-state index contributed by atoms with van der Waals surface area (Å²) in [5, 5.41) is 7.24. The van der Waals surface area contributed by atoms with Gasteiger partial charge in [0.15, 0.2) is 0 Å². The summed E-state index contributed by atoms with van der Waals surface area (Å²) in [6, 6.07) is 4.73. The van der Waals surface area contributed by atoms with Crippen molar-refractivity contribution in [3.63, 3.8) is 0 Å². The summed E-state index contributed by atoms with van der Waals surface area (Å²) in [6.07, 6.45) is -3.29. The van der Waals surface area contributed by atoms with E-state index in [0.717, 1.165) is 12.1 Å². The van der Waals surface area contributed by atoms with E-state index in [1.165, 1.54) is 13.1 Å². The molecule has 144 valence electrons. The smallest absolute Gasteiger partial charge is 0.334 e. The quantitative estimate of drug-likeness (QED) is 0.693. The molecular weight excluding hydrogens is 368 g/mol. The van der Waals surface area contributed by atoms with Crippen LogP contribution in [0.4, 0.5) is 28.2 Å². The number of pyridine rings is 1. The van der Waals surface area contributed by atoms with Gasteiger partial charge < -0.3 is 16.0 Å². The highest BCUT2D eigenvalue weighted by Gasteiger charge is 2.33. The number of carbonyl (C=O) groups excluding carboxylic acids is 2. The fraction of sp³-hybridized carbons (Fsp3) is 0.235. The predicted octanol–water partition coefficient (Wildman–Crippen LogP) is 3.20. The molecule has 0 atom stereocenters. The molecule has 1 heterocycles. The van der Waals surface area contributed by atoms with E-state index in [1.807, 2.05) is 0 Å². The van der Waals surface area contributed by atoms with Crippen molar-refractivity contribution < 1.29 is 27.2 Å². The van der Waals surface area contributed by atoms with Crippen LogP contribution < -0.4 is 16.0 Å². The van der Waals surface area contributed by atoms with Crippen LogP contribution in [0.3, 0.4) is 0 Å². The van der Waals surface area contributed by atoms with Crippen molar-refractivity contribution in [3.05, 3.63) is 59.0 Å². The second-order valence-corrected chi connectivity index (χ2v) is 5.57. The van der Waals surface area contributed by atoms with Crippen molar-refractivity contribution in [2.24, 2.45) is 0 Å². The van der Waals surface area contributed by atoms with E-state index in [1.54, 1.807) is 12.1 Å². The highest BCUT2D eigenvalue weighted by Crippen LogP contribution is 2.32. The lowest BCUT2D eigenvalue weighted by Crippen LogP contribution is -2.35. The van der Waals surface area contributed by atoms with Crippen LogP contribution in [0, 0.1) is 5.82 Å². The Hall–Kier alpha value is -3.17. The van der Waals surface area contributed by atoms with Gasteiger partial charge >= 0.3 is 12.2 Å². The first-order chi connectivity index (χ1) is 12.6.